The maximum atomic E-state index is 12.4. The van der Waals surface area contributed by atoms with Gasteiger partial charge < -0.3 is 34.7 Å². The minimum Gasteiger partial charge on any atom is -0.444 e. The number of hydrogen-bond donors (Lipinski definition) is 1. The third-order valence-corrected chi connectivity index (χ3v) is 6.60. The Labute approximate surface area is 221 Å². The van der Waals surface area contributed by atoms with Gasteiger partial charge in [-0.05, 0) is 35.6 Å². The zero-order chi connectivity index (χ0) is 27.6. The number of nitrogens with zero attached hydrogens (tertiary/aromatic N) is 7. The normalized spacial score (nSPS) is 17.5. The number of aromatic nitrogens is 4. The van der Waals surface area contributed by atoms with Crippen molar-refractivity contribution < 1.29 is 27.6 Å². The summed E-state index contributed by atoms with van der Waals surface area (Å²) in [5.74, 6) is 0.157. The molecule has 15 heteroatoms. The molecule has 1 aromatic carbocycles. The van der Waals surface area contributed by atoms with Crippen LogP contribution in [0.25, 0.3) is 0 Å². The van der Waals surface area contributed by atoms with Crippen molar-refractivity contribution in [2.45, 2.75) is 38.8 Å². The van der Waals surface area contributed by atoms with Crippen LogP contribution in [-0.4, -0.2) is 69.6 Å². The minimum absolute atomic E-state index is 0.0575. The van der Waals surface area contributed by atoms with Gasteiger partial charge in [-0.15, -0.1) is 13.2 Å². The number of nitro groups is 1. The summed E-state index contributed by atoms with van der Waals surface area (Å²) in [6.07, 6.45) is -0.805. The maximum Gasteiger partial charge on any atom is 0.573 e. The van der Waals surface area contributed by atoms with E-state index in [4.69, 9.17) is 9.72 Å². The van der Waals surface area contributed by atoms with E-state index in [9.17, 15) is 23.3 Å². The predicted octanol–water partition coefficient (Wildman–Crippen LogP) is 2.92. The number of halogens is 3. The fourth-order valence-electron chi connectivity index (χ4n) is 4.62. The van der Waals surface area contributed by atoms with Gasteiger partial charge in [-0.1, -0.05) is 6.92 Å². The van der Waals surface area contributed by atoms with Crippen molar-refractivity contribution in [3.05, 3.63) is 58.0 Å². The predicted molar refractivity (Wildman–Crippen MR) is 134 cm³/mol. The molecule has 3 aromatic rings. The number of rotatable bonds is 8. The number of hydrogen-bond acceptors (Lipinski definition) is 10. The van der Waals surface area contributed by atoms with Gasteiger partial charge in [0, 0.05) is 61.7 Å². The van der Waals surface area contributed by atoms with Gasteiger partial charge in [-0.2, -0.15) is 0 Å². The quantitative estimate of drug-likeness (QED) is 0.332. The first kappa shape index (κ1) is 26.5. The van der Waals surface area contributed by atoms with Crippen LogP contribution in [0.5, 0.6) is 11.8 Å². The molecule has 5 rings (SSSR count). The Morgan fingerprint density at radius 3 is 2.54 bits per heavy atom. The van der Waals surface area contributed by atoms with E-state index in [1.54, 1.807) is 16.7 Å². The Kier molecular flexibility index (Phi) is 7.41. The van der Waals surface area contributed by atoms with Crippen LogP contribution >= 0.6 is 0 Å². The molecule has 39 heavy (non-hydrogen) atoms. The molecule has 0 unspecified atom stereocenters. The van der Waals surface area contributed by atoms with Gasteiger partial charge in [0.05, 0.1) is 11.7 Å². The van der Waals surface area contributed by atoms with E-state index in [1.807, 2.05) is 13.1 Å². The van der Waals surface area contributed by atoms with Crippen molar-refractivity contribution in [1.82, 2.24) is 24.8 Å². The number of ether oxygens (including phenoxy) is 2. The van der Waals surface area contributed by atoms with Crippen LogP contribution in [0.3, 0.4) is 0 Å². The number of anilines is 2. The van der Waals surface area contributed by atoms with Crippen LogP contribution in [-0.2, 0) is 19.5 Å². The van der Waals surface area contributed by atoms with Crippen LogP contribution in [0, 0.1) is 10.1 Å². The summed E-state index contributed by atoms with van der Waals surface area (Å²) in [6, 6.07) is 6.06. The smallest absolute Gasteiger partial charge is 0.444 e. The van der Waals surface area contributed by atoms with Gasteiger partial charge in [0.1, 0.15) is 18.6 Å². The summed E-state index contributed by atoms with van der Waals surface area (Å²) in [7, 11) is 0. The van der Waals surface area contributed by atoms with Crippen molar-refractivity contribution in [2.24, 2.45) is 0 Å². The molecule has 0 saturated carbocycles. The van der Waals surface area contributed by atoms with Crippen LogP contribution in [0.2, 0.25) is 0 Å². The van der Waals surface area contributed by atoms with E-state index >= 15 is 0 Å². The first-order valence-electron chi connectivity index (χ1n) is 12.5. The van der Waals surface area contributed by atoms with Gasteiger partial charge >= 0.3 is 18.2 Å². The number of imidazole rings is 1. The molecule has 2 aromatic heterocycles. The monoisotopic (exact) mass is 548 g/mol. The Balaban J connectivity index is 1.15. The molecule has 0 bridgehead atoms. The number of nitrogens with one attached hydrogen (secondary N) is 1. The summed E-state index contributed by atoms with van der Waals surface area (Å²) in [5.41, 5.74) is 2.71. The third-order valence-electron chi connectivity index (χ3n) is 6.60. The largest absolute Gasteiger partial charge is 0.573 e. The molecule has 2 aliphatic rings. The molecule has 1 N–H and O–H groups in total. The fraction of sp³-hybridized carbons (Fsp3) is 0.458. The van der Waals surface area contributed by atoms with Crippen LogP contribution in [0.1, 0.15) is 18.2 Å². The second-order valence-corrected chi connectivity index (χ2v) is 9.19. The summed E-state index contributed by atoms with van der Waals surface area (Å²) in [5, 5.41) is 14.4. The second-order valence-electron chi connectivity index (χ2n) is 9.19. The summed E-state index contributed by atoms with van der Waals surface area (Å²) in [6.45, 7) is 6.07. The third kappa shape index (κ3) is 6.30. The zero-order valence-electron chi connectivity index (χ0n) is 21.1. The van der Waals surface area contributed by atoms with Crippen LogP contribution in [0.4, 0.5) is 30.6 Å². The lowest BCUT2D eigenvalue weighted by molar-refractivity contribution is -0.389. The van der Waals surface area contributed by atoms with Gasteiger partial charge in [0.2, 0.25) is 5.95 Å². The molecular formula is C24H27F3N8O4. The molecule has 1 saturated heterocycles. The SMILES string of the molecule is CCc1nc(N2CCN(c3ccc(OC(F)(F)F)cc3)CC2)ncc1CN[C@@H]1COc2nc([N+](=O)[O-])cn2C1. The Morgan fingerprint density at radius 2 is 1.87 bits per heavy atom. The number of alkyl halides is 3. The van der Waals surface area contributed by atoms with Gasteiger partial charge in [-0.25, -0.2) is 9.97 Å². The van der Waals surface area contributed by atoms with Crippen LogP contribution in [0.15, 0.2) is 36.7 Å². The van der Waals surface area contributed by atoms with E-state index in [0.717, 1.165) is 23.4 Å². The van der Waals surface area contributed by atoms with Crippen molar-refractivity contribution in [3.63, 3.8) is 0 Å². The lowest BCUT2D eigenvalue weighted by atomic mass is 10.1. The molecule has 208 valence electrons. The standard InChI is InChI=1S/C24H27F3N8O4/c1-2-20-16(11-28-17-13-34-14-21(35(36)37)31-23(34)38-15-17)12-29-22(30-20)33-9-7-32(8-10-33)18-3-5-19(6-4-18)39-24(25,26)27/h3-6,12,14,17,28H,2,7-11,13,15H2,1H3/t17-/m0/s1. The van der Waals surface area contributed by atoms with Crippen LogP contribution < -0.4 is 24.6 Å². The Bertz CT molecular complexity index is 1310. The molecule has 0 radical (unpaired) electrons. The highest BCUT2D eigenvalue weighted by Crippen LogP contribution is 2.26. The van der Waals surface area contributed by atoms with Crippen molar-refractivity contribution in [2.75, 3.05) is 42.6 Å². The number of aryl methyl sites for hydroxylation is 1. The highest BCUT2D eigenvalue weighted by atomic mass is 19.4. The van der Waals surface area contributed by atoms with E-state index in [1.165, 1.54) is 18.3 Å². The topological polar surface area (TPSA) is 124 Å². The van der Waals surface area contributed by atoms with Gasteiger partial charge in [0.25, 0.3) is 0 Å². The van der Waals surface area contributed by atoms with Gasteiger partial charge in [-0.3, -0.25) is 4.57 Å². The number of piperazine rings is 1. The Hall–Kier alpha value is -4.14. The summed E-state index contributed by atoms with van der Waals surface area (Å²) >= 11 is 0. The molecule has 0 amide bonds. The molecule has 2 aliphatic heterocycles. The molecule has 1 atom stereocenters. The highest BCUT2D eigenvalue weighted by molar-refractivity contribution is 5.51. The van der Waals surface area contributed by atoms with E-state index < -0.39 is 11.3 Å². The number of benzene rings is 1. The van der Waals surface area contributed by atoms with E-state index in [-0.39, 0.29) is 23.6 Å². The number of fused-ring (bicyclic) bond motifs is 1. The average Bonchev–Trinajstić information content (AvgIpc) is 3.36. The van der Waals surface area contributed by atoms with Crippen molar-refractivity contribution in [1.29, 1.82) is 0 Å². The summed E-state index contributed by atoms with van der Waals surface area (Å²) < 4.78 is 48.3. The minimum atomic E-state index is -4.71. The molecule has 0 spiro atoms. The molecule has 1 fully saturated rings. The lowest BCUT2D eigenvalue weighted by Gasteiger charge is -2.36. The summed E-state index contributed by atoms with van der Waals surface area (Å²) in [4.78, 5) is 27.8. The lowest BCUT2D eigenvalue weighted by Crippen LogP contribution is -2.47. The maximum absolute atomic E-state index is 12.4. The zero-order valence-corrected chi connectivity index (χ0v) is 21.1. The average molecular weight is 549 g/mol. The molecule has 4 heterocycles. The van der Waals surface area contributed by atoms with E-state index in [2.05, 4.69) is 29.8 Å². The van der Waals surface area contributed by atoms with E-state index in [0.29, 0.717) is 51.8 Å². The molecule has 0 aliphatic carbocycles. The Morgan fingerprint density at radius 1 is 1.15 bits per heavy atom. The molecule has 12 nitrogen and oxygen atoms in total. The fourth-order valence-corrected chi connectivity index (χ4v) is 4.62. The molecular weight excluding hydrogens is 521 g/mol. The first-order valence-corrected chi connectivity index (χ1v) is 12.5. The first-order chi connectivity index (χ1) is 18.7. The van der Waals surface area contributed by atoms with Crippen molar-refractivity contribution in [3.8, 4) is 11.8 Å². The van der Waals surface area contributed by atoms with Gasteiger partial charge in [0.15, 0.2) is 0 Å². The highest BCUT2D eigenvalue weighted by Gasteiger charge is 2.31. The second kappa shape index (κ2) is 10.9. The van der Waals surface area contributed by atoms with Crippen molar-refractivity contribution >= 4 is 17.5 Å².